The molecule has 0 spiro atoms. The molecule has 15 heavy (non-hydrogen) atoms. The first-order chi connectivity index (χ1) is 7.13. The monoisotopic (exact) mass is 221 g/mol. The predicted octanol–water partition coefficient (Wildman–Crippen LogP) is 2.17. The van der Waals surface area contributed by atoms with Crippen molar-refractivity contribution in [3.8, 4) is 0 Å². The topological polar surface area (TPSA) is 32.3 Å². The molecule has 4 heteroatoms. The number of halogens is 2. The van der Waals surface area contributed by atoms with Crippen LogP contribution in [0.15, 0.2) is 0 Å². The number of alkyl halides is 2. The van der Waals surface area contributed by atoms with Gasteiger partial charge in [0.25, 0.3) is 6.43 Å². The second kappa shape index (κ2) is 6.38. The molecular formula is C11H21F2NO. The normalized spacial score (nSPS) is 29.4. The van der Waals surface area contributed by atoms with Crippen LogP contribution in [0, 0.1) is 5.92 Å². The lowest BCUT2D eigenvalue weighted by Gasteiger charge is -2.29. The molecule has 2 nitrogen and oxygen atoms in total. The molecular weight excluding hydrogens is 200 g/mol. The molecule has 0 bridgehead atoms. The van der Waals surface area contributed by atoms with Gasteiger partial charge in [0.2, 0.25) is 0 Å². The van der Waals surface area contributed by atoms with E-state index in [0.717, 1.165) is 25.2 Å². The lowest BCUT2D eigenvalue weighted by Crippen LogP contribution is -2.40. The summed E-state index contributed by atoms with van der Waals surface area (Å²) in [5.74, 6) is 0.722. The summed E-state index contributed by atoms with van der Waals surface area (Å²) in [4.78, 5) is 0. The van der Waals surface area contributed by atoms with E-state index in [4.69, 9.17) is 5.11 Å². The summed E-state index contributed by atoms with van der Waals surface area (Å²) in [5.41, 5.74) is 0. The van der Waals surface area contributed by atoms with Crippen LogP contribution >= 0.6 is 0 Å². The van der Waals surface area contributed by atoms with Gasteiger partial charge in [-0.15, -0.1) is 0 Å². The van der Waals surface area contributed by atoms with E-state index in [1.807, 2.05) is 0 Å². The molecule has 0 aromatic rings. The van der Waals surface area contributed by atoms with Crippen LogP contribution in [-0.2, 0) is 0 Å². The van der Waals surface area contributed by atoms with E-state index in [0.29, 0.717) is 6.04 Å². The zero-order valence-corrected chi connectivity index (χ0v) is 9.26. The Hall–Kier alpha value is -0.220. The Labute approximate surface area is 90.1 Å². The van der Waals surface area contributed by atoms with Crippen molar-refractivity contribution in [3.63, 3.8) is 0 Å². The molecule has 0 saturated heterocycles. The smallest absolute Gasteiger partial charge is 0.265 e. The molecule has 3 unspecified atom stereocenters. The van der Waals surface area contributed by atoms with Crippen molar-refractivity contribution in [1.29, 1.82) is 0 Å². The molecule has 1 aliphatic rings. The van der Waals surface area contributed by atoms with Gasteiger partial charge in [-0.25, -0.2) is 8.78 Å². The Kier molecular flexibility index (Phi) is 5.47. The average Bonchev–Trinajstić information content (AvgIpc) is 2.26. The molecule has 3 atom stereocenters. The molecule has 1 fully saturated rings. The molecule has 0 radical (unpaired) electrons. The van der Waals surface area contributed by atoms with E-state index in [2.05, 4.69) is 12.2 Å². The van der Waals surface area contributed by atoms with E-state index < -0.39 is 12.5 Å². The number of aliphatic hydroxyl groups excluding tert-OH is 1. The van der Waals surface area contributed by atoms with E-state index in [-0.39, 0.29) is 6.54 Å². The van der Waals surface area contributed by atoms with Crippen LogP contribution in [0.25, 0.3) is 0 Å². The molecule has 1 saturated carbocycles. The molecule has 0 aliphatic heterocycles. The van der Waals surface area contributed by atoms with Crippen molar-refractivity contribution in [2.45, 2.75) is 57.6 Å². The summed E-state index contributed by atoms with van der Waals surface area (Å²) in [6, 6.07) is 0.317. The second-order valence-corrected chi connectivity index (χ2v) is 4.45. The molecule has 1 aliphatic carbocycles. The number of aliphatic hydroxyl groups is 1. The van der Waals surface area contributed by atoms with E-state index in [1.54, 1.807) is 0 Å². The summed E-state index contributed by atoms with van der Waals surface area (Å²) in [6.07, 6.45) is 1.54. The van der Waals surface area contributed by atoms with Crippen molar-refractivity contribution >= 4 is 0 Å². The maximum Gasteiger partial charge on any atom is 0.265 e. The Bertz CT molecular complexity index is 178. The van der Waals surface area contributed by atoms with Crippen LogP contribution in [0.1, 0.15) is 39.0 Å². The second-order valence-electron chi connectivity index (χ2n) is 4.45. The quantitative estimate of drug-likeness (QED) is 0.745. The van der Waals surface area contributed by atoms with Crippen LogP contribution in [0.5, 0.6) is 0 Å². The van der Waals surface area contributed by atoms with Gasteiger partial charge in [-0.05, 0) is 18.8 Å². The SMILES string of the molecule is CCC1CCCC(NCC(O)C(F)F)C1. The largest absolute Gasteiger partial charge is 0.386 e. The minimum Gasteiger partial charge on any atom is -0.386 e. The lowest BCUT2D eigenvalue weighted by atomic mass is 9.84. The first-order valence-electron chi connectivity index (χ1n) is 5.83. The van der Waals surface area contributed by atoms with Gasteiger partial charge < -0.3 is 10.4 Å². The highest BCUT2D eigenvalue weighted by Crippen LogP contribution is 2.26. The number of hydrogen-bond acceptors (Lipinski definition) is 2. The third-order valence-electron chi connectivity index (χ3n) is 3.27. The average molecular weight is 221 g/mol. The van der Waals surface area contributed by atoms with Crippen molar-refractivity contribution in [2.75, 3.05) is 6.54 Å². The minimum atomic E-state index is -2.64. The third-order valence-corrected chi connectivity index (χ3v) is 3.27. The third kappa shape index (κ3) is 4.43. The molecule has 0 heterocycles. The highest BCUT2D eigenvalue weighted by molar-refractivity contribution is 4.78. The number of nitrogens with one attached hydrogen (secondary N) is 1. The first-order valence-corrected chi connectivity index (χ1v) is 5.83. The van der Waals surface area contributed by atoms with Gasteiger partial charge in [0, 0.05) is 12.6 Å². The van der Waals surface area contributed by atoms with Crippen molar-refractivity contribution in [1.82, 2.24) is 5.32 Å². The summed E-state index contributed by atoms with van der Waals surface area (Å²) in [6.45, 7) is 2.18. The van der Waals surface area contributed by atoms with E-state index in [1.165, 1.54) is 12.8 Å². The first kappa shape index (κ1) is 12.8. The van der Waals surface area contributed by atoms with Gasteiger partial charge >= 0.3 is 0 Å². The van der Waals surface area contributed by atoms with Gasteiger partial charge in [0.15, 0.2) is 0 Å². The van der Waals surface area contributed by atoms with Crippen LogP contribution in [0.3, 0.4) is 0 Å². The van der Waals surface area contributed by atoms with Gasteiger partial charge in [0.05, 0.1) is 0 Å². The molecule has 0 aromatic carbocycles. The van der Waals surface area contributed by atoms with Gasteiger partial charge in [-0.2, -0.15) is 0 Å². The lowest BCUT2D eigenvalue weighted by molar-refractivity contribution is -0.00557. The highest BCUT2D eigenvalue weighted by atomic mass is 19.3. The van der Waals surface area contributed by atoms with Crippen LogP contribution in [0.4, 0.5) is 8.78 Å². The van der Waals surface area contributed by atoms with Crippen molar-refractivity contribution in [2.24, 2.45) is 5.92 Å². The highest BCUT2D eigenvalue weighted by Gasteiger charge is 2.23. The molecule has 0 aromatic heterocycles. The van der Waals surface area contributed by atoms with Gasteiger partial charge in [0.1, 0.15) is 6.10 Å². The Morgan fingerprint density at radius 1 is 1.40 bits per heavy atom. The maximum absolute atomic E-state index is 12.0. The Morgan fingerprint density at radius 3 is 2.73 bits per heavy atom. The Morgan fingerprint density at radius 2 is 2.13 bits per heavy atom. The number of hydrogen-bond donors (Lipinski definition) is 2. The summed E-state index contributed by atoms with van der Waals surface area (Å²) < 4.78 is 24.1. The molecule has 1 rings (SSSR count). The van der Waals surface area contributed by atoms with Crippen LogP contribution < -0.4 is 5.32 Å². The van der Waals surface area contributed by atoms with Crippen molar-refractivity contribution in [3.05, 3.63) is 0 Å². The fourth-order valence-electron chi connectivity index (χ4n) is 2.22. The molecule has 0 amide bonds. The number of rotatable bonds is 5. The summed E-state index contributed by atoms with van der Waals surface area (Å²) >= 11 is 0. The van der Waals surface area contributed by atoms with E-state index >= 15 is 0 Å². The maximum atomic E-state index is 12.0. The van der Waals surface area contributed by atoms with Gasteiger partial charge in [-0.1, -0.05) is 26.2 Å². The summed E-state index contributed by atoms with van der Waals surface area (Å²) in [7, 11) is 0. The Balaban J connectivity index is 2.20. The minimum absolute atomic E-state index is 0.0127. The molecule has 2 N–H and O–H groups in total. The van der Waals surface area contributed by atoms with E-state index in [9.17, 15) is 8.78 Å². The zero-order valence-electron chi connectivity index (χ0n) is 9.26. The van der Waals surface area contributed by atoms with Crippen LogP contribution in [0.2, 0.25) is 0 Å². The zero-order chi connectivity index (χ0) is 11.3. The van der Waals surface area contributed by atoms with Gasteiger partial charge in [-0.3, -0.25) is 0 Å². The predicted molar refractivity (Wildman–Crippen MR) is 56.1 cm³/mol. The molecule has 90 valence electrons. The fourth-order valence-corrected chi connectivity index (χ4v) is 2.22. The standard InChI is InChI=1S/C11H21F2NO/c1-2-8-4-3-5-9(6-8)14-7-10(15)11(12)13/h8-11,14-15H,2-7H2,1H3. The fraction of sp³-hybridized carbons (Fsp3) is 1.00. The van der Waals surface area contributed by atoms with Crippen molar-refractivity contribution < 1.29 is 13.9 Å². The summed E-state index contributed by atoms with van der Waals surface area (Å²) in [5, 5.41) is 12.0. The van der Waals surface area contributed by atoms with Crippen LogP contribution in [-0.4, -0.2) is 30.2 Å².